The molecular formula is C27H41N3O7. The summed E-state index contributed by atoms with van der Waals surface area (Å²) in [6, 6.07) is -0.840. The van der Waals surface area contributed by atoms with Crippen LogP contribution in [0.3, 0.4) is 0 Å². The summed E-state index contributed by atoms with van der Waals surface area (Å²) in [5, 5.41) is 9.33. The average Bonchev–Trinajstić information content (AvgIpc) is 3.46. The smallest absolute Gasteiger partial charge is 0.313 e. The summed E-state index contributed by atoms with van der Waals surface area (Å²) in [5.74, 6) is -2.48. The van der Waals surface area contributed by atoms with E-state index in [1.807, 2.05) is 6.92 Å². The topological polar surface area (TPSA) is 109 Å². The summed E-state index contributed by atoms with van der Waals surface area (Å²) < 4.78 is 17.5. The van der Waals surface area contributed by atoms with E-state index in [0.717, 1.165) is 13.1 Å². The van der Waals surface area contributed by atoms with Crippen molar-refractivity contribution in [3.05, 3.63) is 25.3 Å². The molecule has 4 heterocycles. The molecule has 5 atom stereocenters. The molecule has 206 valence electrons. The fraction of sp³-hybridized carbons (Fsp3) is 0.741. The number of hydrogen-bond donors (Lipinski definition) is 1. The molecule has 0 aromatic rings. The number of carbonyl (C=O) groups is 3. The quantitative estimate of drug-likeness (QED) is 0.214. The van der Waals surface area contributed by atoms with Crippen LogP contribution >= 0.6 is 0 Å². The Bertz CT molecular complexity index is 891. The van der Waals surface area contributed by atoms with Gasteiger partial charge in [0.15, 0.2) is 0 Å². The maximum Gasteiger partial charge on any atom is 0.313 e. The van der Waals surface area contributed by atoms with Gasteiger partial charge in [-0.3, -0.25) is 19.3 Å². The minimum Gasteiger partial charge on any atom is -0.461 e. The van der Waals surface area contributed by atoms with Crippen LogP contribution in [-0.4, -0.2) is 121 Å². The number of morpholine rings is 1. The van der Waals surface area contributed by atoms with Gasteiger partial charge < -0.3 is 29.1 Å². The van der Waals surface area contributed by atoms with E-state index in [9.17, 15) is 19.5 Å². The highest BCUT2D eigenvalue weighted by Gasteiger charge is 2.78. The van der Waals surface area contributed by atoms with Gasteiger partial charge in [-0.2, -0.15) is 0 Å². The highest BCUT2D eigenvalue weighted by Crippen LogP contribution is 2.63. The van der Waals surface area contributed by atoms with E-state index in [1.165, 1.54) is 6.08 Å². The number of likely N-dealkylation sites (tertiary alicyclic amines) is 1. The van der Waals surface area contributed by atoms with Crippen LogP contribution in [0.5, 0.6) is 0 Å². The Morgan fingerprint density at radius 3 is 2.62 bits per heavy atom. The number of fused-ring (bicyclic) bond motifs is 1. The predicted molar refractivity (Wildman–Crippen MR) is 135 cm³/mol. The van der Waals surface area contributed by atoms with Crippen molar-refractivity contribution >= 4 is 17.8 Å². The molecule has 4 fully saturated rings. The van der Waals surface area contributed by atoms with E-state index >= 15 is 0 Å². The number of nitrogens with zero attached hydrogens (tertiary/aromatic N) is 3. The van der Waals surface area contributed by atoms with E-state index in [1.54, 1.807) is 15.9 Å². The molecule has 4 aliphatic rings. The minimum absolute atomic E-state index is 0.00241. The Morgan fingerprint density at radius 2 is 1.95 bits per heavy atom. The van der Waals surface area contributed by atoms with Gasteiger partial charge in [0.05, 0.1) is 24.7 Å². The number of aliphatic hydroxyl groups is 1. The number of esters is 1. The van der Waals surface area contributed by atoms with E-state index in [2.05, 4.69) is 18.1 Å². The molecule has 10 heteroatoms. The van der Waals surface area contributed by atoms with Crippen LogP contribution in [0, 0.1) is 11.8 Å². The first kappa shape index (κ1) is 27.8. The first-order valence-electron chi connectivity index (χ1n) is 13.4. The molecule has 10 nitrogen and oxygen atoms in total. The van der Waals surface area contributed by atoms with Crippen LogP contribution in [0.15, 0.2) is 25.3 Å². The Morgan fingerprint density at radius 1 is 1.19 bits per heavy atom. The van der Waals surface area contributed by atoms with E-state index in [-0.39, 0.29) is 25.0 Å². The van der Waals surface area contributed by atoms with Gasteiger partial charge in [-0.25, -0.2) is 0 Å². The lowest BCUT2D eigenvalue weighted by Gasteiger charge is -2.37. The van der Waals surface area contributed by atoms with E-state index < -0.39 is 35.0 Å². The number of amides is 2. The first-order valence-corrected chi connectivity index (χ1v) is 13.4. The Labute approximate surface area is 219 Å². The standard InChI is InChI=1S/C27H41N3O7/c1-4-10-29(13-12-28-14-18-35-19-15-28)24(33)22-27-9-8-26(3,37-27)21(25(34)36-17-5-2)20(27)23(32)30(22)11-6-7-16-31/h4-5,20-22,31H,1-2,6-19H2,3H3/t20-,21+,22?,26-,27?/m0/s1. The summed E-state index contributed by atoms with van der Waals surface area (Å²) in [6.07, 6.45) is 5.34. The van der Waals surface area contributed by atoms with Crippen molar-refractivity contribution in [1.82, 2.24) is 14.7 Å². The molecule has 2 amide bonds. The van der Waals surface area contributed by atoms with Crippen molar-refractivity contribution in [2.75, 3.05) is 65.7 Å². The number of hydrogen-bond acceptors (Lipinski definition) is 8. The number of carbonyl (C=O) groups excluding carboxylic acids is 3. The Hall–Kier alpha value is -2.27. The summed E-state index contributed by atoms with van der Waals surface area (Å²) in [7, 11) is 0. The second-order valence-electron chi connectivity index (χ2n) is 10.6. The molecular weight excluding hydrogens is 478 g/mol. The van der Waals surface area contributed by atoms with Gasteiger partial charge in [0.25, 0.3) is 0 Å². The summed E-state index contributed by atoms with van der Waals surface area (Å²) in [4.78, 5) is 47.0. The Kier molecular flexibility index (Phi) is 8.73. The lowest BCUT2D eigenvalue weighted by atomic mass is 9.66. The zero-order chi connectivity index (χ0) is 26.6. The molecule has 0 aromatic heterocycles. The molecule has 1 spiro atoms. The van der Waals surface area contributed by atoms with Crippen LogP contribution in [0.25, 0.3) is 0 Å². The van der Waals surface area contributed by atoms with Crippen LogP contribution < -0.4 is 0 Å². The van der Waals surface area contributed by atoms with Gasteiger partial charge in [-0.15, -0.1) is 6.58 Å². The molecule has 4 aliphatic heterocycles. The maximum atomic E-state index is 14.3. The second kappa shape index (κ2) is 11.6. The highest BCUT2D eigenvalue weighted by molar-refractivity contribution is 5.98. The second-order valence-corrected chi connectivity index (χ2v) is 10.6. The minimum atomic E-state index is -1.08. The summed E-state index contributed by atoms with van der Waals surface area (Å²) in [5.41, 5.74) is -1.95. The molecule has 4 rings (SSSR count). The Balaban J connectivity index is 1.63. The largest absolute Gasteiger partial charge is 0.461 e. The highest BCUT2D eigenvalue weighted by atomic mass is 16.6. The van der Waals surface area contributed by atoms with Crippen LogP contribution in [-0.2, 0) is 28.6 Å². The van der Waals surface area contributed by atoms with E-state index in [0.29, 0.717) is 65.1 Å². The van der Waals surface area contributed by atoms with Crippen molar-refractivity contribution in [3.8, 4) is 0 Å². The van der Waals surface area contributed by atoms with Crippen LogP contribution in [0.1, 0.15) is 32.6 Å². The van der Waals surface area contributed by atoms with Gasteiger partial charge in [0, 0.05) is 45.9 Å². The SMILES string of the molecule is C=CCOC(=O)[C@H]1[C@H]2C(=O)N(CCCCO)C(C(=O)N(CC=C)CCN3CCOCC3)C23CC[C@]1(C)O3. The lowest BCUT2D eigenvalue weighted by molar-refractivity contribution is -0.159. The third-order valence-electron chi connectivity index (χ3n) is 8.37. The van der Waals surface area contributed by atoms with Crippen LogP contribution in [0.2, 0.25) is 0 Å². The molecule has 0 aromatic carbocycles. The number of aliphatic hydroxyl groups excluding tert-OH is 1. The monoisotopic (exact) mass is 519 g/mol. The lowest BCUT2D eigenvalue weighted by Crippen LogP contribution is -2.57. The zero-order valence-corrected chi connectivity index (χ0v) is 21.9. The molecule has 1 N–H and O–H groups in total. The van der Waals surface area contributed by atoms with Gasteiger partial charge >= 0.3 is 5.97 Å². The average molecular weight is 520 g/mol. The fourth-order valence-corrected chi connectivity index (χ4v) is 6.64. The third kappa shape index (κ3) is 5.08. The van der Waals surface area contributed by atoms with Crippen molar-refractivity contribution in [3.63, 3.8) is 0 Å². The maximum absolute atomic E-state index is 14.3. The van der Waals surface area contributed by atoms with Crippen LogP contribution in [0.4, 0.5) is 0 Å². The van der Waals surface area contributed by atoms with Gasteiger partial charge in [-0.1, -0.05) is 18.7 Å². The first-order chi connectivity index (χ1) is 17.8. The molecule has 2 bridgehead atoms. The predicted octanol–water partition coefficient (Wildman–Crippen LogP) is 0.600. The molecule has 0 aliphatic carbocycles. The van der Waals surface area contributed by atoms with Crippen molar-refractivity contribution in [2.45, 2.75) is 49.9 Å². The fourth-order valence-electron chi connectivity index (χ4n) is 6.64. The van der Waals surface area contributed by atoms with Crippen molar-refractivity contribution in [2.24, 2.45) is 11.8 Å². The molecule has 0 saturated carbocycles. The van der Waals surface area contributed by atoms with Gasteiger partial charge in [0.1, 0.15) is 24.2 Å². The van der Waals surface area contributed by atoms with Gasteiger partial charge in [-0.05, 0) is 32.6 Å². The normalized spacial score (nSPS) is 32.9. The number of rotatable bonds is 13. The summed E-state index contributed by atoms with van der Waals surface area (Å²) >= 11 is 0. The van der Waals surface area contributed by atoms with Gasteiger partial charge in [0.2, 0.25) is 11.8 Å². The molecule has 37 heavy (non-hydrogen) atoms. The van der Waals surface area contributed by atoms with Crippen molar-refractivity contribution in [1.29, 1.82) is 0 Å². The molecule has 0 radical (unpaired) electrons. The van der Waals surface area contributed by atoms with Crippen molar-refractivity contribution < 1.29 is 33.7 Å². The zero-order valence-electron chi connectivity index (χ0n) is 21.9. The molecule has 2 unspecified atom stereocenters. The number of ether oxygens (including phenoxy) is 3. The summed E-state index contributed by atoms with van der Waals surface area (Å²) in [6.45, 7) is 14.2. The molecule has 4 saturated heterocycles. The van der Waals surface area contributed by atoms with E-state index in [4.69, 9.17) is 14.2 Å². The third-order valence-corrected chi connectivity index (χ3v) is 8.37. The number of unbranched alkanes of at least 4 members (excludes halogenated alkanes) is 1.